The summed E-state index contributed by atoms with van der Waals surface area (Å²) < 4.78 is 0. The van der Waals surface area contributed by atoms with Gasteiger partial charge in [0.25, 0.3) is 11.7 Å². The van der Waals surface area contributed by atoms with Crippen molar-refractivity contribution in [2.24, 2.45) is 0 Å². The minimum Gasteiger partial charge on any atom is -0.508 e. The molecule has 0 unspecified atom stereocenters. The fourth-order valence-electron chi connectivity index (χ4n) is 3.32. The number of carbonyl (C=O) groups is 2. The number of benzene rings is 2. The number of aromatic nitrogens is 1. The SMILES string of the molecule is O=C1C(=O)N(c2cccnc2)[C@H](c2ccc(O)cc2)C1=C(O)c1ccccc1. The summed E-state index contributed by atoms with van der Waals surface area (Å²) in [5.41, 5.74) is 1.45. The number of amides is 1. The van der Waals surface area contributed by atoms with E-state index in [1.807, 2.05) is 0 Å². The Labute approximate surface area is 161 Å². The molecular formula is C22H16N2O4. The summed E-state index contributed by atoms with van der Waals surface area (Å²) in [6.45, 7) is 0. The average Bonchev–Trinajstić information content (AvgIpc) is 3.00. The highest BCUT2D eigenvalue weighted by Gasteiger charge is 2.47. The van der Waals surface area contributed by atoms with Gasteiger partial charge >= 0.3 is 0 Å². The van der Waals surface area contributed by atoms with E-state index in [0.29, 0.717) is 16.8 Å². The highest BCUT2D eigenvalue weighted by atomic mass is 16.3. The number of anilines is 1. The number of pyridine rings is 1. The number of nitrogens with zero attached hydrogens (tertiary/aromatic N) is 2. The molecule has 6 nitrogen and oxygen atoms in total. The van der Waals surface area contributed by atoms with Gasteiger partial charge in [-0.15, -0.1) is 0 Å². The summed E-state index contributed by atoms with van der Waals surface area (Å²) >= 11 is 0. The van der Waals surface area contributed by atoms with Crippen molar-refractivity contribution in [3.8, 4) is 5.75 Å². The molecule has 3 aromatic rings. The number of ketones is 1. The predicted octanol–water partition coefficient (Wildman–Crippen LogP) is 3.41. The second kappa shape index (κ2) is 7.00. The number of phenols is 1. The standard InChI is InChI=1S/C22H16N2O4/c25-17-10-8-14(9-11-17)19-18(20(26)15-5-2-1-3-6-15)21(27)22(28)24(19)16-7-4-12-23-13-16/h1-13,19,25-26H/t19-/m1/s1. The molecule has 1 amide bonds. The first-order valence-electron chi connectivity index (χ1n) is 8.63. The zero-order chi connectivity index (χ0) is 19.7. The van der Waals surface area contributed by atoms with Crippen LogP contribution in [0.25, 0.3) is 5.76 Å². The van der Waals surface area contributed by atoms with E-state index < -0.39 is 17.7 Å². The van der Waals surface area contributed by atoms with E-state index in [2.05, 4.69) is 4.98 Å². The molecule has 1 aliphatic rings. The molecule has 4 rings (SSSR count). The van der Waals surface area contributed by atoms with E-state index in [0.717, 1.165) is 0 Å². The first-order chi connectivity index (χ1) is 13.6. The molecule has 0 bridgehead atoms. The van der Waals surface area contributed by atoms with Crippen molar-refractivity contribution in [2.75, 3.05) is 4.90 Å². The van der Waals surface area contributed by atoms with Crippen LogP contribution in [0.2, 0.25) is 0 Å². The Kier molecular flexibility index (Phi) is 4.37. The van der Waals surface area contributed by atoms with Gasteiger partial charge in [0.15, 0.2) is 0 Å². The van der Waals surface area contributed by atoms with Crippen molar-refractivity contribution >= 4 is 23.1 Å². The molecule has 28 heavy (non-hydrogen) atoms. The topological polar surface area (TPSA) is 90.7 Å². The summed E-state index contributed by atoms with van der Waals surface area (Å²) in [5.74, 6) is -1.71. The maximum Gasteiger partial charge on any atom is 0.300 e. The summed E-state index contributed by atoms with van der Waals surface area (Å²) in [7, 11) is 0. The highest BCUT2D eigenvalue weighted by Crippen LogP contribution is 2.42. The predicted molar refractivity (Wildman–Crippen MR) is 104 cm³/mol. The largest absolute Gasteiger partial charge is 0.508 e. The number of carbonyl (C=O) groups excluding carboxylic acids is 2. The molecule has 2 aromatic carbocycles. The van der Waals surface area contributed by atoms with Gasteiger partial charge in [-0.1, -0.05) is 42.5 Å². The third-order valence-electron chi connectivity index (χ3n) is 4.62. The minimum atomic E-state index is -0.843. The van der Waals surface area contributed by atoms with Crippen molar-refractivity contribution in [1.29, 1.82) is 0 Å². The van der Waals surface area contributed by atoms with Gasteiger partial charge in [0.1, 0.15) is 11.5 Å². The normalized spacial score (nSPS) is 18.4. The van der Waals surface area contributed by atoms with E-state index in [1.165, 1.54) is 23.2 Å². The smallest absolute Gasteiger partial charge is 0.300 e. The Hall–Kier alpha value is -3.93. The van der Waals surface area contributed by atoms with Gasteiger partial charge in [-0.2, -0.15) is 0 Å². The van der Waals surface area contributed by atoms with Gasteiger partial charge in [0, 0.05) is 11.8 Å². The summed E-state index contributed by atoms with van der Waals surface area (Å²) in [6, 6.07) is 17.3. The number of hydrogen-bond donors (Lipinski definition) is 2. The molecule has 1 fully saturated rings. The molecule has 0 saturated carbocycles. The lowest BCUT2D eigenvalue weighted by Crippen LogP contribution is -2.29. The first kappa shape index (κ1) is 17.5. The van der Waals surface area contributed by atoms with Crippen LogP contribution in [0.15, 0.2) is 84.7 Å². The maximum absolute atomic E-state index is 12.9. The third kappa shape index (κ3) is 2.91. The first-order valence-corrected chi connectivity index (χ1v) is 8.63. The van der Waals surface area contributed by atoms with Crippen LogP contribution in [0.4, 0.5) is 5.69 Å². The van der Waals surface area contributed by atoms with Crippen LogP contribution in [0.1, 0.15) is 17.2 Å². The number of rotatable bonds is 3. The van der Waals surface area contributed by atoms with Crippen molar-refractivity contribution in [3.63, 3.8) is 0 Å². The van der Waals surface area contributed by atoms with E-state index in [-0.39, 0.29) is 17.1 Å². The molecule has 1 saturated heterocycles. The van der Waals surface area contributed by atoms with Crippen LogP contribution in [0.5, 0.6) is 5.75 Å². The molecule has 6 heteroatoms. The van der Waals surface area contributed by atoms with Gasteiger partial charge in [0.05, 0.1) is 23.5 Å². The number of phenolic OH excluding ortho intramolecular Hbond substituents is 1. The number of aliphatic hydroxyl groups is 1. The maximum atomic E-state index is 12.9. The van der Waals surface area contributed by atoms with E-state index in [1.54, 1.807) is 60.8 Å². The fourth-order valence-corrected chi connectivity index (χ4v) is 3.32. The number of Topliss-reactive ketones (excluding diaryl/α,β-unsaturated/α-hetero) is 1. The quantitative estimate of drug-likeness (QED) is 0.418. The Balaban J connectivity index is 1.95. The van der Waals surface area contributed by atoms with Crippen LogP contribution in [-0.2, 0) is 9.59 Å². The Bertz CT molecular complexity index is 1060. The number of hydrogen-bond acceptors (Lipinski definition) is 5. The molecule has 2 N–H and O–H groups in total. The van der Waals surface area contributed by atoms with Crippen LogP contribution in [0, 0.1) is 0 Å². The Morgan fingerprint density at radius 3 is 2.29 bits per heavy atom. The van der Waals surface area contributed by atoms with Gasteiger partial charge in [-0.05, 0) is 29.8 Å². The average molecular weight is 372 g/mol. The molecule has 1 atom stereocenters. The van der Waals surface area contributed by atoms with Crippen molar-refractivity contribution in [1.82, 2.24) is 4.98 Å². The number of aliphatic hydroxyl groups excluding tert-OH is 1. The van der Waals surface area contributed by atoms with Crippen LogP contribution < -0.4 is 4.90 Å². The molecule has 0 aliphatic carbocycles. The molecule has 1 aliphatic heterocycles. The zero-order valence-corrected chi connectivity index (χ0v) is 14.7. The van der Waals surface area contributed by atoms with Crippen molar-refractivity contribution in [3.05, 3.63) is 95.8 Å². The summed E-state index contributed by atoms with van der Waals surface area (Å²) in [6.07, 6.45) is 3.06. The van der Waals surface area contributed by atoms with Gasteiger partial charge < -0.3 is 10.2 Å². The lowest BCUT2D eigenvalue weighted by molar-refractivity contribution is -0.132. The minimum absolute atomic E-state index is 0.00857. The summed E-state index contributed by atoms with van der Waals surface area (Å²) in [4.78, 5) is 31.1. The van der Waals surface area contributed by atoms with Gasteiger partial charge in [-0.25, -0.2) is 0 Å². The van der Waals surface area contributed by atoms with Crippen molar-refractivity contribution in [2.45, 2.75) is 6.04 Å². The summed E-state index contributed by atoms with van der Waals surface area (Å²) in [5, 5.41) is 20.5. The zero-order valence-electron chi connectivity index (χ0n) is 14.7. The second-order valence-electron chi connectivity index (χ2n) is 6.34. The molecule has 0 spiro atoms. The molecule has 138 valence electrons. The van der Waals surface area contributed by atoms with Crippen LogP contribution >= 0.6 is 0 Å². The molecule has 0 radical (unpaired) electrons. The van der Waals surface area contributed by atoms with Crippen LogP contribution in [0.3, 0.4) is 0 Å². The number of aromatic hydroxyl groups is 1. The molecular weight excluding hydrogens is 356 g/mol. The van der Waals surface area contributed by atoms with E-state index >= 15 is 0 Å². The van der Waals surface area contributed by atoms with Crippen LogP contribution in [-0.4, -0.2) is 26.9 Å². The van der Waals surface area contributed by atoms with Crippen molar-refractivity contribution < 1.29 is 19.8 Å². The lowest BCUT2D eigenvalue weighted by Gasteiger charge is -2.25. The lowest BCUT2D eigenvalue weighted by atomic mass is 9.95. The Morgan fingerprint density at radius 1 is 0.929 bits per heavy atom. The second-order valence-corrected chi connectivity index (χ2v) is 6.34. The van der Waals surface area contributed by atoms with E-state index in [4.69, 9.17) is 0 Å². The van der Waals surface area contributed by atoms with E-state index in [9.17, 15) is 19.8 Å². The highest BCUT2D eigenvalue weighted by molar-refractivity contribution is 6.51. The van der Waals surface area contributed by atoms with Gasteiger partial charge in [0.2, 0.25) is 0 Å². The third-order valence-corrected chi connectivity index (χ3v) is 4.62. The van der Waals surface area contributed by atoms with Gasteiger partial charge in [-0.3, -0.25) is 19.5 Å². The monoisotopic (exact) mass is 372 g/mol. The molecule has 1 aromatic heterocycles. The fraction of sp³-hybridized carbons (Fsp3) is 0.0455. The Morgan fingerprint density at radius 2 is 1.64 bits per heavy atom. The molecule has 2 heterocycles.